The molecule has 1 aromatic carbocycles. The van der Waals surface area contributed by atoms with Crippen LogP contribution in [0.4, 0.5) is 17.6 Å². The summed E-state index contributed by atoms with van der Waals surface area (Å²) in [5, 5.41) is 1.90. The summed E-state index contributed by atoms with van der Waals surface area (Å²) in [5.41, 5.74) is -3.02. The molecule has 1 aromatic rings. The Balaban J connectivity index is 3.26. The Morgan fingerprint density at radius 2 is 1.58 bits per heavy atom. The Morgan fingerprint density at radius 3 is 1.95 bits per heavy atom. The summed E-state index contributed by atoms with van der Waals surface area (Å²) < 4.78 is 53.3. The molecule has 6 heteroatoms. The second-order valence-electron chi connectivity index (χ2n) is 4.59. The lowest BCUT2D eigenvalue weighted by atomic mass is 9.92. The van der Waals surface area contributed by atoms with Crippen LogP contribution in [0.5, 0.6) is 0 Å². The minimum Gasteiger partial charge on any atom is -0.352 e. The molecule has 0 radical (unpaired) electrons. The van der Waals surface area contributed by atoms with Gasteiger partial charge in [-0.05, 0) is 13.8 Å². The van der Waals surface area contributed by atoms with Gasteiger partial charge in [-0.1, -0.05) is 29.3 Å². The van der Waals surface area contributed by atoms with Crippen molar-refractivity contribution in [2.75, 3.05) is 6.54 Å². The molecule has 2 nitrogen and oxygen atoms in total. The van der Waals surface area contributed by atoms with E-state index in [1.54, 1.807) is 19.9 Å². The number of aryl methyl sites for hydroxylation is 2. The van der Waals surface area contributed by atoms with Crippen molar-refractivity contribution in [2.24, 2.45) is 0 Å². The van der Waals surface area contributed by atoms with Crippen LogP contribution in [0.3, 0.4) is 0 Å². The average Bonchev–Trinajstić information content (AvgIpc) is 2.22. The van der Waals surface area contributed by atoms with E-state index >= 15 is 0 Å². The third-order valence-electron chi connectivity index (χ3n) is 2.71. The van der Waals surface area contributed by atoms with E-state index in [0.29, 0.717) is 11.1 Å². The number of hydrogen-bond donors (Lipinski definition) is 1. The number of benzene rings is 1. The fourth-order valence-electron chi connectivity index (χ4n) is 1.82. The number of amides is 1. The van der Waals surface area contributed by atoms with Gasteiger partial charge in [0.2, 0.25) is 11.6 Å². The average molecular weight is 277 g/mol. The van der Waals surface area contributed by atoms with Crippen molar-refractivity contribution in [3.63, 3.8) is 0 Å². The highest BCUT2D eigenvalue weighted by Gasteiger charge is 2.57. The van der Waals surface area contributed by atoms with Gasteiger partial charge >= 0.3 is 6.18 Å². The monoisotopic (exact) mass is 277 g/mol. The van der Waals surface area contributed by atoms with E-state index in [-0.39, 0.29) is 0 Å². The van der Waals surface area contributed by atoms with Crippen molar-refractivity contribution in [1.82, 2.24) is 5.32 Å². The molecule has 0 aliphatic carbocycles. The number of alkyl halides is 4. The number of rotatable bonds is 3. The molecular weight excluding hydrogens is 262 g/mol. The molecule has 1 amide bonds. The Labute approximate surface area is 108 Å². The van der Waals surface area contributed by atoms with Crippen LogP contribution >= 0.6 is 0 Å². The lowest BCUT2D eigenvalue weighted by Crippen LogP contribution is -2.47. The molecule has 0 heterocycles. The molecule has 0 aliphatic rings. The van der Waals surface area contributed by atoms with Gasteiger partial charge in [-0.3, -0.25) is 4.79 Å². The Hall–Kier alpha value is -1.59. The van der Waals surface area contributed by atoms with Crippen molar-refractivity contribution in [3.05, 3.63) is 34.9 Å². The van der Waals surface area contributed by atoms with Crippen molar-refractivity contribution in [1.29, 1.82) is 0 Å². The third kappa shape index (κ3) is 3.45. The summed E-state index contributed by atoms with van der Waals surface area (Å²) in [4.78, 5) is 10.7. The van der Waals surface area contributed by atoms with Crippen LogP contribution in [0.25, 0.3) is 0 Å². The third-order valence-corrected chi connectivity index (χ3v) is 2.71. The van der Waals surface area contributed by atoms with Crippen LogP contribution in [-0.4, -0.2) is 18.6 Å². The van der Waals surface area contributed by atoms with Gasteiger partial charge in [0.1, 0.15) is 0 Å². The van der Waals surface area contributed by atoms with Crippen LogP contribution in [0, 0.1) is 13.8 Å². The van der Waals surface area contributed by atoms with Gasteiger partial charge in [0.15, 0.2) is 0 Å². The van der Waals surface area contributed by atoms with Crippen molar-refractivity contribution in [3.8, 4) is 0 Å². The highest BCUT2D eigenvalue weighted by molar-refractivity contribution is 5.73. The van der Waals surface area contributed by atoms with E-state index in [4.69, 9.17) is 0 Å². The lowest BCUT2D eigenvalue weighted by Gasteiger charge is -2.29. The van der Waals surface area contributed by atoms with Gasteiger partial charge in [-0.2, -0.15) is 13.2 Å². The highest BCUT2D eigenvalue weighted by Crippen LogP contribution is 2.42. The van der Waals surface area contributed by atoms with Crippen LogP contribution in [-0.2, 0) is 10.5 Å². The van der Waals surface area contributed by atoms with Gasteiger partial charge < -0.3 is 5.32 Å². The summed E-state index contributed by atoms with van der Waals surface area (Å²) in [5.74, 6) is -0.712. The summed E-state index contributed by atoms with van der Waals surface area (Å²) in [6, 6.07) is 3.93. The van der Waals surface area contributed by atoms with Crippen molar-refractivity contribution >= 4 is 5.91 Å². The minimum absolute atomic E-state index is 0.494. The molecule has 0 spiro atoms. The van der Waals surface area contributed by atoms with Gasteiger partial charge in [0, 0.05) is 12.5 Å². The molecule has 0 aromatic heterocycles. The fraction of sp³-hybridized carbons (Fsp3) is 0.462. The molecule has 0 saturated heterocycles. The number of carbonyl (C=O) groups is 1. The maximum absolute atomic E-state index is 14.4. The van der Waals surface area contributed by atoms with Crippen LogP contribution < -0.4 is 5.32 Å². The minimum atomic E-state index is -5.10. The van der Waals surface area contributed by atoms with Crippen LogP contribution in [0.15, 0.2) is 18.2 Å². The first kappa shape index (κ1) is 15.5. The standard InChI is InChI=1S/C13H15F4NO/c1-8-4-9(2)6-11(5-8)12(14,13(15,16)17)7-18-10(3)19/h4-6H,7H2,1-3H3,(H,18,19)/t12-/m1/s1. The molecule has 1 N–H and O–H groups in total. The fourth-order valence-corrected chi connectivity index (χ4v) is 1.82. The van der Waals surface area contributed by atoms with E-state index in [2.05, 4.69) is 0 Å². The number of halogens is 4. The van der Waals surface area contributed by atoms with E-state index in [1.807, 2.05) is 5.32 Å². The zero-order chi connectivity index (χ0) is 14.8. The Bertz CT molecular complexity index is 464. The summed E-state index contributed by atoms with van der Waals surface area (Å²) >= 11 is 0. The van der Waals surface area contributed by atoms with E-state index < -0.39 is 29.9 Å². The first-order valence-corrected chi connectivity index (χ1v) is 5.65. The molecule has 0 fully saturated rings. The quantitative estimate of drug-likeness (QED) is 0.845. The second-order valence-corrected chi connectivity index (χ2v) is 4.59. The van der Waals surface area contributed by atoms with Crippen molar-refractivity contribution < 1.29 is 22.4 Å². The smallest absolute Gasteiger partial charge is 0.352 e. The number of hydrogen-bond acceptors (Lipinski definition) is 1. The first-order chi connectivity index (χ1) is 8.56. The molecular formula is C13H15F4NO. The maximum atomic E-state index is 14.4. The first-order valence-electron chi connectivity index (χ1n) is 5.65. The van der Waals surface area contributed by atoms with Gasteiger partial charge in [-0.15, -0.1) is 0 Å². The Kier molecular flexibility index (Phi) is 4.22. The molecule has 19 heavy (non-hydrogen) atoms. The van der Waals surface area contributed by atoms with Crippen molar-refractivity contribution in [2.45, 2.75) is 32.6 Å². The van der Waals surface area contributed by atoms with Crippen LogP contribution in [0.2, 0.25) is 0 Å². The van der Waals surface area contributed by atoms with Gasteiger partial charge in [-0.25, -0.2) is 4.39 Å². The molecule has 1 rings (SSSR count). The second kappa shape index (κ2) is 5.19. The normalized spacial score (nSPS) is 14.9. The molecule has 0 aliphatic heterocycles. The SMILES string of the molecule is CC(=O)NC[C@@](F)(c1cc(C)cc(C)c1)C(F)(F)F. The summed E-state index contributed by atoms with van der Waals surface area (Å²) in [6.45, 7) is 3.09. The molecule has 0 bridgehead atoms. The highest BCUT2D eigenvalue weighted by atomic mass is 19.4. The molecule has 0 unspecified atom stereocenters. The molecule has 106 valence electrons. The van der Waals surface area contributed by atoms with Gasteiger partial charge in [0.25, 0.3) is 0 Å². The van der Waals surface area contributed by atoms with E-state index in [9.17, 15) is 22.4 Å². The predicted octanol–water partition coefficient (Wildman–Crippen LogP) is 3.17. The number of nitrogens with one attached hydrogen (secondary N) is 1. The maximum Gasteiger partial charge on any atom is 0.428 e. The summed E-state index contributed by atoms with van der Waals surface area (Å²) in [6.07, 6.45) is -5.10. The zero-order valence-corrected chi connectivity index (χ0v) is 10.9. The molecule has 1 atom stereocenters. The van der Waals surface area contributed by atoms with E-state index in [0.717, 1.165) is 19.1 Å². The lowest BCUT2D eigenvalue weighted by molar-refractivity contribution is -0.233. The molecule has 0 saturated carbocycles. The topological polar surface area (TPSA) is 29.1 Å². The zero-order valence-electron chi connectivity index (χ0n) is 10.9. The van der Waals surface area contributed by atoms with E-state index in [1.165, 1.54) is 0 Å². The summed E-state index contributed by atoms with van der Waals surface area (Å²) in [7, 11) is 0. The Morgan fingerprint density at radius 1 is 1.11 bits per heavy atom. The van der Waals surface area contributed by atoms with Crippen LogP contribution in [0.1, 0.15) is 23.6 Å². The van der Waals surface area contributed by atoms with Gasteiger partial charge in [0.05, 0.1) is 6.54 Å². The number of carbonyl (C=O) groups excluding carboxylic acids is 1. The largest absolute Gasteiger partial charge is 0.428 e. The predicted molar refractivity (Wildman–Crippen MR) is 63.4 cm³/mol.